The second kappa shape index (κ2) is 9.19. The molecule has 0 radical (unpaired) electrons. The van der Waals surface area contributed by atoms with E-state index >= 15 is 0 Å². The van der Waals surface area contributed by atoms with Crippen LogP contribution >= 0.6 is 23.2 Å². The quantitative estimate of drug-likeness (QED) is 0.679. The Bertz CT molecular complexity index is 944. The fourth-order valence-corrected chi connectivity index (χ4v) is 4.42. The van der Waals surface area contributed by atoms with Gasteiger partial charge in [0.15, 0.2) is 0 Å². The van der Waals surface area contributed by atoms with Gasteiger partial charge < -0.3 is 15.3 Å². The van der Waals surface area contributed by atoms with Crippen LogP contribution < -0.4 is 5.32 Å². The molecule has 7 heteroatoms. The van der Waals surface area contributed by atoms with Gasteiger partial charge in [-0.25, -0.2) is 0 Å². The van der Waals surface area contributed by atoms with Crippen molar-refractivity contribution < 1.29 is 14.7 Å². The number of carbonyl (C=O) groups excluding carboxylic acids is 2. The van der Waals surface area contributed by atoms with Crippen molar-refractivity contribution in [2.45, 2.75) is 45.3 Å². The molecule has 31 heavy (non-hydrogen) atoms. The van der Waals surface area contributed by atoms with E-state index in [2.05, 4.69) is 5.32 Å². The maximum atomic E-state index is 13.2. The van der Waals surface area contributed by atoms with Crippen LogP contribution in [0.2, 0.25) is 10.0 Å². The van der Waals surface area contributed by atoms with Gasteiger partial charge in [0.1, 0.15) is 6.04 Å². The van der Waals surface area contributed by atoms with E-state index in [9.17, 15) is 14.7 Å². The summed E-state index contributed by atoms with van der Waals surface area (Å²) in [7, 11) is 0. The van der Waals surface area contributed by atoms with Crippen molar-refractivity contribution in [3.63, 3.8) is 0 Å². The molecule has 0 bridgehead atoms. The number of piperidine rings is 1. The predicted octanol–water partition coefficient (Wildman–Crippen LogP) is 4.65. The van der Waals surface area contributed by atoms with Crippen LogP contribution in [0.4, 0.5) is 0 Å². The molecule has 1 saturated heterocycles. The Morgan fingerprint density at radius 3 is 2.13 bits per heavy atom. The van der Waals surface area contributed by atoms with Crippen LogP contribution in [0.1, 0.15) is 49.5 Å². The Morgan fingerprint density at radius 2 is 1.61 bits per heavy atom. The number of likely N-dealkylation sites (tertiary alicyclic amines) is 1. The smallest absolute Gasteiger partial charge is 0.251 e. The molecule has 0 aromatic heterocycles. The number of hydrogen-bond acceptors (Lipinski definition) is 3. The number of amides is 2. The average molecular weight is 463 g/mol. The third kappa shape index (κ3) is 4.89. The third-order valence-corrected chi connectivity index (χ3v) is 6.70. The van der Waals surface area contributed by atoms with E-state index in [0.29, 0.717) is 41.5 Å². The van der Waals surface area contributed by atoms with E-state index in [1.807, 2.05) is 32.9 Å². The van der Waals surface area contributed by atoms with Gasteiger partial charge in [0.2, 0.25) is 5.91 Å². The summed E-state index contributed by atoms with van der Waals surface area (Å²) in [5.41, 5.74) is -0.431. The van der Waals surface area contributed by atoms with Gasteiger partial charge in [-0.05, 0) is 54.8 Å². The second-order valence-corrected chi connectivity index (χ2v) is 9.57. The van der Waals surface area contributed by atoms with Crippen molar-refractivity contribution in [1.82, 2.24) is 10.2 Å². The summed E-state index contributed by atoms with van der Waals surface area (Å²) in [5.74, 6) is -0.457. The van der Waals surface area contributed by atoms with E-state index in [1.54, 1.807) is 41.3 Å². The largest absolute Gasteiger partial charge is 0.384 e. The molecule has 1 aliphatic rings. The van der Waals surface area contributed by atoms with Crippen molar-refractivity contribution in [3.8, 4) is 0 Å². The van der Waals surface area contributed by atoms with Gasteiger partial charge in [0, 0.05) is 34.1 Å². The van der Waals surface area contributed by atoms with E-state index in [4.69, 9.17) is 23.2 Å². The third-order valence-electron chi connectivity index (χ3n) is 6.20. The Hall–Kier alpha value is -2.08. The van der Waals surface area contributed by atoms with Gasteiger partial charge in [-0.15, -0.1) is 0 Å². The first-order valence-electron chi connectivity index (χ1n) is 10.4. The molecule has 2 amide bonds. The summed E-state index contributed by atoms with van der Waals surface area (Å²) < 4.78 is 0. The number of carbonyl (C=O) groups is 2. The summed E-state index contributed by atoms with van der Waals surface area (Å²) >= 11 is 11.9. The Kier molecular flexibility index (Phi) is 6.99. The van der Waals surface area contributed by atoms with Gasteiger partial charge in [-0.2, -0.15) is 0 Å². The first-order chi connectivity index (χ1) is 14.6. The number of nitrogens with one attached hydrogen (secondary N) is 1. The number of halogens is 2. The van der Waals surface area contributed by atoms with Gasteiger partial charge in [0.25, 0.3) is 5.91 Å². The van der Waals surface area contributed by atoms with Crippen LogP contribution in [-0.4, -0.2) is 41.0 Å². The van der Waals surface area contributed by atoms with Crippen LogP contribution in [0.15, 0.2) is 48.5 Å². The number of hydrogen-bond donors (Lipinski definition) is 2. The van der Waals surface area contributed by atoms with E-state index in [-0.39, 0.29) is 11.8 Å². The predicted molar refractivity (Wildman–Crippen MR) is 123 cm³/mol. The molecule has 1 heterocycles. The van der Waals surface area contributed by atoms with E-state index in [0.717, 1.165) is 5.56 Å². The highest BCUT2D eigenvalue weighted by Crippen LogP contribution is 2.46. The lowest BCUT2D eigenvalue weighted by Gasteiger charge is -2.51. The minimum atomic E-state index is -1.08. The Balaban J connectivity index is 1.72. The van der Waals surface area contributed by atoms with Gasteiger partial charge in [-0.1, -0.05) is 56.1 Å². The van der Waals surface area contributed by atoms with Crippen LogP contribution in [0.25, 0.3) is 0 Å². The first-order valence-corrected chi connectivity index (χ1v) is 11.2. The maximum Gasteiger partial charge on any atom is 0.251 e. The van der Waals surface area contributed by atoms with E-state index < -0.39 is 17.1 Å². The minimum Gasteiger partial charge on any atom is -0.384 e. The number of aliphatic hydroxyl groups is 1. The highest BCUT2D eigenvalue weighted by molar-refractivity contribution is 6.30. The van der Waals surface area contributed by atoms with Gasteiger partial charge in [-0.3, -0.25) is 9.59 Å². The molecule has 0 spiro atoms. The number of rotatable bonds is 5. The molecule has 166 valence electrons. The molecular formula is C24H28Cl2N2O3. The zero-order valence-electron chi connectivity index (χ0n) is 18.0. The summed E-state index contributed by atoms with van der Waals surface area (Å²) in [6.45, 7) is 6.54. The molecule has 2 aromatic carbocycles. The minimum absolute atomic E-state index is 0.143. The maximum absolute atomic E-state index is 13.2. The zero-order chi connectivity index (χ0) is 22.8. The second-order valence-electron chi connectivity index (χ2n) is 8.70. The highest BCUT2D eigenvalue weighted by atomic mass is 35.5. The van der Waals surface area contributed by atoms with Crippen LogP contribution in [0, 0.1) is 5.41 Å². The molecule has 0 aliphatic carbocycles. The molecule has 2 aromatic rings. The standard InChI is InChI=1S/C24H28Cl2N2O3/c1-4-20(27-21(29)16-5-9-18(25)10-6-16)22(30)28-14-13-24(31,23(2,3)15-28)17-7-11-19(26)12-8-17/h5-12,20,31H,4,13-15H2,1-3H3,(H,27,29)/t20-,24+/m1/s1. The molecule has 1 aliphatic heterocycles. The lowest BCUT2D eigenvalue weighted by atomic mass is 9.66. The SMILES string of the molecule is CC[C@@H](NC(=O)c1ccc(Cl)cc1)C(=O)N1CC[C@](O)(c2ccc(Cl)cc2)C(C)(C)C1. The topological polar surface area (TPSA) is 69.6 Å². The fraction of sp³-hybridized carbons (Fsp3) is 0.417. The summed E-state index contributed by atoms with van der Waals surface area (Å²) in [6.07, 6.45) is 0.867. The van der Waals surface area contributed by atoms with Gasteiger partial charge in [0.05, 0.1) is 5.60 Å². The fourth-order valence-electron chi connectivity index (χ4n) is 4.17. The lowest BCUT2D eigenvalue weighted by Crippen LogP contribution is -2.59. The molecule has 2 N–H and O–H groups in total. The summed E-state index contributed by atoms with van der Waals surface area (Å²) in [6, 6.07) is 13.1. The summed E-state index contributed by atoms with van der Waals surface area (Å²) in [4.78, 5) is 27.5. The normalized spacial score (nSPS) is 21.4. The molecule has 3 rings (SSSR count). The van der Waals surface area contributed by atoms with E-state index in [1.165, 1.54) is 0 Å². The van der Waals surface area contributed by atoms with Crippen LogP contribution in [-0.2, 0) is 10.4 Å². The van der Waals surface area contributed by atoms with Crippen molar-refractivity contribution in [2.75, 3.05) is 13.1 Å². The Morgan fingerprint density at radius 1 is 1.06 bits per heavy atom. The first kappa shape index (κ1) is 23.6. The molecule has 1 fully saturated rings. The average Bonchev–Trinajstić information content (AvgIpc) is 2.74. The monoisotopic (exact) mass is 462 g/mol. The van der Waals surface area contributed by atoms with Crippen LogP contribution in [0.5, 0.6) is 0 Å². The molecule has 0 unspecified atom stereocenters. The van der Waals surface area contributed by atoms with Crippen molar-refractivity contribution >= 4 is 35.0 Å². The highest BCUT2D eigenvalue weighted by Gasteiger charge is 2.50. The number of benzene rings is 2. The van der Waals surface area contributed by atoms with Gasteiger partial charge >= 0.3 is 0 Å². The zero-order valence-corrected chi connectivity index (χ0v) is 19.5. The molecule has 5 nitrogen and oxygen atoms in total. The molecule has 0 saturated carbocycles. The van der Waals surface area contributed by atoms with Crippen molar-refractivity contribution in [3.05, 3.63) is 69.7 Å². The van der Waals surface area contributed by atoms with Crippen molar-refractivity contribution in [1.29, 1.82) is 0 Å². The lowest BCUT2D eigenvalue weighted by molar-refractivity contribution is -0.154. The molecular weight excluding hydrogens is 435 g/mol. The van der Waals surface area contributed by atoms with Crippen molar-refractivity contribution in [2.24, 2.45) is 5.41 Å². The summed E-state index contributed by atoms with van der Waals surface area (Å²) in [5, 5.41) is 15.5. The Labute approximate surface area is 193 Å². The molecule has 2 atom stereocenters. The number of nitrogens with zero attached hydrogens (tertiary/aromatic N) is 1. The van der Waals surface area contributed by atoms with Crippen LogP contribution in [0.3, 0.4) is 0 Å².